The van der Waals surface area contributed by atoms with Gasteiger partial charge in [0.1, 0.15) is 18.2 Å². The van der Waals surface area contributed by atoms with E-state index in [1.165, 1.54) is 17.0 Å². The second-order valence-electron chi connectivity index (χ2n) is 9.88. The Kier molecular flexibility index (Phi) is 5.42. The molecular formula is C25H25N5O6. The number of fused-ring (bicyclic) bond motifs is 4. The number of amides is 3. The van der Waals surface area contributed by atoms with Gasteiger partial charge in [0.15, 0.2) is 0 Å². The number of benzene rings is 2. The molecule has 0 radical (unpaired) electrons. The number of nitro benzene ring substituents is 1. The number of non-ortho nitro benzene ring substituents is 1. The summed E-state index contributed by atoms with van der Waals surface area (Å²) in [5.41, 5.74) is 4.41. The third kappa shape index (κ3) is 4.02. The van der Waals surface area contributed by atoms with E-state index in [4.69, 9.17) is 4.74 Å². The molecule has 0 saturated carbocycles. The molecule has 3 amide bonds. The first-order valence-corrected chi connectivity index (χ1v) is 11.5. The fraction of sp³-hybridized carbons (Fsp3) is 0.320. The summed E-state index contributed by atoms with van der Waals surface area (Å²) in [6.07, 6.45) is -0.613. The van der Waals surface area contributed by atoms with Crippen molar-refractivity contribution >= 4 is 34.5 Å². The van der Waals surface area contributed by atoms with Crippen molar-refractivity contribution in [3.63, 3.8) is 0 Å². The molecule has 36 heavy (non-hydrogen) atoms. The highest BCUT2D eigenvalue weighted by Crippen LogP contribution is 2.42. The van der Waals surface area contributed by atoms with Crippen LogP contribution < -0.4 is 5.43 Å². The highest BCUT2D eigenvalue weighted by Gasteiger charge is 2.49. The molecule has 2 aromatic carbocycles. The summed E-state index contributed by atoms with van der Waals surface area (Å²) in [6.45, 7) is 4.69. The number of nitro groups is 1. The second-order valence-corrected chi connectivity index (χ2v) is 9.88. The molecule has 3 aromatic rings. The van der Waals surface area contributed by atoms with Crippen LogP contribution in [0.1, 0.15) is 43.6 Å². The molecule has 5 rings (SSSR count). The van der Waals surface area contributed by atoms with E-state index in [1.807, 2.05) is 24.3 Å². The SMILES string of the molecule is CC(C)(C)OC(=O)NN1CC(=O)N2C(c3cccc([N+](=O)[O-])c3)c3[nH]c4ccccc4c3C[C@H]2C1=O. The minimum Gasteiger partial charge on any atom is -0.443 e. The molecule has 1 saturated heterocycles. The Morgan fingerprint density at radius 2 is 1.92 bits per heavy atom. The molecule has 2 atom stereocenters. The predicted octanol–water partition coefficient (Wildman–Crippen LogP) is 3.20. The average Bonchev–Trinajstić information content (AvgIpc) is 3.18. The number of piperazine rings is 1. The Bertz CT molecular complexity index is 1410. The van der Waals surface area contributed by atoms with Crippen LogP contribution in [0.5, 0.6) is 0 Å². The molecule has 0 bridgehead atoms. The summed E-state index contributed by atoms with van der Waals surface area (Å²) in [5.74, 6) is -0.872. The van der Waals surface area contributed by atoms with E-state index >= 15 is 0 Å². The van der Waals surface area contributed by atoms with Crippen molar-refractivity contribution < 1.29 is 24.0 Å². The number of ether oxygens (including phenoxy) is 1. The number of aromatic nitrogens is 1. The Balaban J connectivity index is 1.59. The van der Waals surface area contributed by atoms with Gasteiger partial charge in [0.25, 0.3) is 11.6 Å². The average molecular weight is 492 g/mol. The van der Waals surface area contributed by atoms with Gasteiger partial charge in [0.2, 0.25) is 5.91 Å². The molecule has 186 valence electrons. The Hall–Kier alpha value is -4.41. The molecule has 2 aliphatic rings. The quantitative estimate of drug-likeness (QED) is 0.426. The largest absolute Gasteiger partial charge is 0.443 e. The van der Waals surface area contributed by atoms with Crippen LogP contribution in [0.25, 0.3) is 10.9 Å². The van der Waals surface area contributed by atoms with Crippen LogP contribution in [0, 0.1) is 10.1 Å². The summed E-state index contributed by atoms with van der Waals surface area (Å²) < 4.78 is 5.25. The lowest BCUT2D eigenvalue weighted by Crippen LogP contribution is -2.66. The number of hydrazine groups is 1. The first kappa shape index (κ1) is 23.3. The number of para-hydroxylation sites is 1. The first-order chi connectivity index (χ1) is 17.0. The summed E-state index contributed by atoms with van der Waals surface area (Å²) in [5, 5.41) is 13.4. The van der Waals surface area contributed by atoms with Crippen molar-refractivity contribution in [1.29, 1.82) is 0 Å². The molecule has 1 aromatic heterocycles. The first-order valence-electron chi connectivity index (χ1n) is 11.5. The number of rotatable bonds is 3. The van der Waals surface area contributed by atoms with Gasteiger partial charge >= 0.3 is 6.09 Å². The lowest BCUT2D eigenvalue weighted by Gasteiger charge is -2.46. The Morgan fingerprint density at radius 3 is 2.64 bits per heavy atom. The van der Waals surface area contributed by atoms with Crippen molar-refractivity contribution in [3.05, 3.63) is 75.5 Å². The summed E-state index contributed by atoms with van der Waals surface area (Å²) in [6, 6.07) is 12.0. The fourth-order valence-electron chi connectivity index (χ4n) is 4.93. The van der Waals surface area contributed by atoms with Gasteiger partial charge in [-0.2, -0.15) is 0 Å². The van der Waals surface area contributed by atoms with Crippen molar-refractivity contribution in [3.8, 4) is 0 Å². The molecule has 0 spiro atoms. The molecule has 11 nitrogen and oxygen atoms in total. The normalized spacial score (nSPS) is 19.6. The van der Waals surface area contributed by atoms with E-state index in [-0.39, 0.29) is 12.1 Å². The van der Waals surface area contributed by atoms with Gasteiger partial charge in [0, 0.05) is 35.2 Å². The van der Waals surface area contributed by atoms with Crippen LogP contribution in [-0.2, 0) is 20.7 Å². The molecule has 2 N–H and O–H groups in total. The van der Waals surface area contributed by atoms with Gasteiger partial charge in [-0.15, -0.1) is 0 Å². The summed E-state index contributed by atoms with van der Waals surface area (Å²) in [7, 11) is 0. The Labute approximate surface area is 206 Å². The zero-order valence-electron chi connectivity index (χ0n) is 20.0. The Morgan fingerprint density at radius 1 is 1.17 bits per heavy atom. The monoisotopic (exact) mass is 491 g/mol. The van der Waals surface area contributed by atoms with E-state index in [0.717, 1.165) is 21.5 Å². The van der Waals surface area contributed by atoms with Gasteiger partial charge in [-0.3, -0.25) is 19.7 Å². The maximum Gasteiger partial charge on any atom is 0.426 e. The number of H-pyrrole nitrogens is 1. The maximum absolute atomic E-state index is 13.6. The third-order valence-corrected chi connectivity index (χ3v) is 6.29. The molecule has 2 aliphatic heterocycles. The van der Waals surface area contributed by atoms with Gasteiger partial charge in [-0.25, -0.2) is 15.2 Å². The fourth-order valence-corrected chi connectivity index (χ4v) is 4.93. The smallest absolute Gasteiger partial charge is 0.426 e. The zero-order chi connectivity index (χ0) is 25.8. The predicted molar refractivity (Wildman–Crippen MR) is 129 cm³/mol. The van der Waals surface area contributed by atoms with Crippen molar-refractivity contribution in [2.45, 2.75) is 44.9 Å². The van der Waals surface area contributed by atoms with Crippen LogP contribution in [0.3, 0.4) is 0 Å². The third-order valence-electron chi connectivity index (χ3n) is 6.29. The van der Waals surface area contributed by atoms with Crippen LogP contribution in [-0.4, -0.2) is 55.9 Å². The molecule has 1 unspecified atom stereocenters. The second kappa shape index (κ2) is 8.36. The topological polar surface area (TPSA) is 138 Å². The highest BCUT2D eigenvalue weighted by molar-refractivity contribution is 5.98. The minimum atomic E-state index is -0.919. The van der Waals surface area contributed by atoms with Gasteiger partial charge in [0.05, 0.1) is 11.0 Å². The van der Waals surface area contributed by atoms with E-state index in [2.05, 4.69) is 10.4 Å². The van der Waals surface area contributed by atoms with Gasteiger partial charge < -0.3 is 14.6 Å². The number of aromatic amines is 1. The van der Waals surface area contributed by atoms with E-state index in [0.29, 0.717) is 11.3 Å². The molecule has 3 heterocycles. The minimum absolute atomic E-state index is 0.115. The number of nitrogens with zero attached hydrogens (tertiary/aromatic N) is 3. The summed E-state index contributed by atoms with van der Waals surface area (Å²) in [4.78, 5) is 55.2. The molecule has 11 heteroatoms. The number of carbonyl (C=O) groups excluding carboxylic acids is 3. The van der Waals surface area contributed by atoms with Crippen molar-refractivity contribution in [2.75, 3.05) is 6.54 Å². The van der Waals surface area contributed by atoms with Crippen LogP contribution in [0.4, 0.5) is 10.5 Å². The van der Waals surface area contributed by atoms with E-state index in [9.17, 15) is 24.5 Å². The summed E-state index contributed by atoms with van der Waals surface area (Å²) >= 11 is 0. The van der Waals surface area contributed by atoms with Crippen molar-refractivity contribution in [1.82, 2.24) is 20.3 Å². The zero-order valence-corrected chi connectivity index (χ0v) is 20.0. The van der Waals surface area contributed by atoms with Gasteiger partial charge in [-0.1, -0.05) is 30.3 Å². The lowest BCUT2D eigenvalue weighted by molar-refractivity contribution is -0.384. The van der Waals surface area contributed by atoms with Crippen molar-refractivity contribution in [2.24, 2.45) is 0 Å². The molecule has 0 aliphatic carbocycles. The molecular weight excluding hydrogens is 466 g/mol. The molecule has 1 fully saturated rings. The number of hydrogen-bond donors (Lipinski definition) is 2. The lowest BCUT2D eigenvalue weighted by atomic mass is 9.86. The number of nitrogens with one attached hydrogen (secondary N) is 2. The van der Waals surface area contributed by atoms with Crippen LogP contribution in [0.2, 0.25) is 0 Å². The van der Waals surface area contributed by atoms with E-state index in [1.54, 1.807) is 32.9 Å². The van der Waals surface area contributed by atoms with Gasteiger partial charge in [-0.05, 0) is 38.0 Å². The number of carbonyl (C=O) groups is 3. The van der Waals surface area contributed by atoms with Crippen LogP contribution in [0.15, 0.2) is 48.5 Å². The van der Waals surface area contributed by atoms with Crippen LogP contribution >= 0.6 is 0 Å². The standard InChI is InChI=1S/C25H25N5O6/c1-25(2,3)36-24(33)27-28-13-20(31)29-19(23(28)32)12-17-16-9-4-5-10-18(16)26-21(17)22(29)14-7-6-8-15(11-14)30(34)35/h4-11,19,22,26H,12-13H2,1-3H3,(H,27,33)/t19-,22?/m0/s1. The number of hydrogen-bond acceptors (Lipinski definition) is 6. The van der Waals surface area contributed by atoms with E-state index < -0.39 is 47.1 Å². The highest BCUT2D eigenvalue weighted by atomic mass is 16.6. The maximum atomic E-state index is 13.6.